The summed E-state index contributed by atoms with van der Waals surface area (Å²) in [5.74, 6) is -2.27. The van der Waals surface area contributed by atoms with Gasteiger partial charge in [0, 0.05) is 10.9 Å². The fraction of sp³-hybridized carbons (Fsp3) is 0.278. The maximum Gasteiger partial charge on any atom is 0.328 e. The van der Waals surface area contributed by atoms with Crippen LogP contribution in [0, 0.1) is 5.82 Å². The number of esters is 1. The standard InChI is InChI=1S/C18H17ClFNO4S/c1-2-25-17(22)18(21)15(11-4-3-5-13(20)10-11)16(18)26(23,24)14-8-6-12(19)7-9-14/h3-10,15-16H,2,21H2,1H3/t15-,16-,18+/m0/s1. The van der Waals surface area contributed by atoms with E-state index in [0.29, 0.717) is 10.6 Å². The molecule has 0 spiro atoms. The molecule has 8 heteroatoms. The number of halogens is 2. The summed E-state index contributed by atoms with van der Waals surface area (Å²) in [4.78, 5) is 12.4. The molecule has 2 aromatic carbocycles. The highest BCUT2D eigenvalue weighted by Crippen LogP contribution is 2.56. The van der Waals surface area contributed by atoms with E-state index in [1.807, 2.05) is 0 Å². The van der Waals surface area contributed by atoms with Crippen molar-refractivity contribution in [3.05, 3.63) is 64.9 Å². The van der Waals surface area contributed by atoms with Gasteiger partial charge >= 0.3 is 5.97 Å². The van der Waals surface area contributed by atoms with E-state index in [9.17, 15) is 17.6 Å². The molecule has 3 atom stereocenters. The zero-order valence-corrected chi connectivity index (χ0v) is 15.4. The van der Waals surface area contributed by atoms with E-state index in [1.165, 1.54) is 42.5 Å². The minimum Gasteiger partial charge on any atom is -0.465 e. The third-order valence-electron chi connectivity index (χ3n) is 4.49. The molecule has 0 radical (unpaired) electrons. The molecule has 1 aliphatic rings. The summed E-state index contributed by atoms with van der Waals surface area (Å²) >= 11 is 5.81. The molecule has 2 N–H and O–H groups in total. The largest absolute Gasteiger partial charge is 0.465 e. The van der Waals surface area contributed by atoms with E-state index in [1.54, 1.807) is 13.0 Å². The van der Waals surface area contributed by atoms with Crippen LogP contribution in [0.15, 0.2) is 53.4 Å². The quantitative estimate of drug-likeness (QED) is 0.784. The Morgan fingerprint density at radius 2 is 1.92 bits per heavy atom. The number of sulfone groups is 1. The Morgan fingerprint density at radius 1 is 1.27 bits per heavy atom. The minimum atomic E-state index is -3.97. The van der Waals surface area contributed by atoms with Gasteiger partial charge in [-0.1, -0.05) is 23.7 Å². The lowest BCUT2D eigenvalue weighted by atomic mass is 10.1. The zero-order valence-electron chi connectivity index (χ0n) is 13.9. The Labute approximate surface area is 155 Å². The van der Waals surface area contributed by atoms with Crippen LogP contribution in [0.2, 0.25) is 5.02 Å². The monoisotopic (exact) mass is 397 g/mol. The van der Waals surface area contributed by atoms with E-state index in [4.69, 9.17) is 22.1 Å². The van der Waals surface area contributed by atoms with Crippen LogP contribution in [0.4, 0.5) is 4.39 Å². The highest BCUT2D eigenvalue weighted by Gasteiger charge is 2.74. The first-order valence-electron chi connectivity index (χ1n) is 7.94. The van der Waals surface area contributed by atoms with E-state index in [-0.39, 0.29) is 11.5 Å². The van der Waals surface area contributed by atoms with Gasteiger partial charge in [-0.2, -0.15) is 0 Å². The van der Waals surface area contributed by atoms with Crippen molar-refractivity contribution in [2.24, 2.45) is 5.73 Å². The van der Waals surface area contributed by atoms with Gasteiger partial charge in [-0.15, -0.1) is 0 Å². The van der Waals surface area contributed by atoms with Crippen molar-refractivity contribution in [2.45, 2.75) is 28.5 Å². The molecule has 26 heavy (non-hydrogen) atoms. The average molecular weight is 398 g/mol. The van der Waals surface area contributed by atoms with Crippen molar-refractivity contribution in [1.82, 2.24) is 0 Å². The van der Waals surface area contributed by atoms with Crippen molar-refractivity contribution in [2.75, 3.05) is 6.61 Å². The van der Waals surface area contributed by atoms with Gasteiger partial charge in [0.25, 0.3) is 0 Å². The summed E-state index contributed by atoms with van der Waals surface area (Å²) in [5.41, 5.74) is 4.76. The topological polar surface area (TPSA) is 86.5 Å². The van der Waals surface area contributed by atoms with Gasteiger partial charge in [-0.25, -0.2) is 17.6 Å². The number of carbonyl (C=O) groups excluding carboxylic acids is 1. The van der Waals surface area contributed by atoms with Crippen molar-refractivity contribution in [3.8, 4) is 0 Å². The summed E-state index contributed by atoms with van der Waals surface area (Å²) in [5, 5.41) is -0.872. The third kappa shape index (κ3) is 3.00. The van der Waals surface area contributed by atoms with Crippen LogP contribution in [-0.2, 0) is 19.4 Å². The number of ether oxygens (including phenoxy) is 1. The first-order chi connectivity index (χ1) is 12.2. The lowest BCUT2D eigenvalue weighted by Crippen LogP contribution is -2.41. The van der Waals surface area contributed by atoms with E-state index < -0.39 is 38.3 Å². The molecule has 0 unspecified atom stereocenters. The Kier molecular flexibility index (Phi) is 4.81. The normalized spacial score (nSPS) is 24.9. The number of nitrogens with two attached hydrogens (primary N) is 1. The second-order valence-corrected chi connectivity index (χ2v) is 8.61. The zero-order chi connectivity index (χ0) is 19.1. The third-order valence-corrected chi connectivity index (χ3v) is 7.00. The van der Waals surface area contributed by atoms with Gasteiger partial charge in [0.15, 0.2) is 9.84 Å². The molecule has 0 heterocycles. The smallest absolute Gasteiger partial charge is 0.328 e. The molecule has 1 aliphatic carbocycles. The van der Waals surface area contributed by atoms with Crippen LogP contribution in [0.3, 0.4) is 0 Å². The molecule has 1 fully saturated rings. The van der Waals surface area contributed by atoms with Gasteiger partial charge in [-0.05, 0) is 48.9 Å². The number of carbonyl (C=O) groups is 1. The van der Waals surface area contributed by atoms with Gasteiger partial charge in [0.05, 0.1) is 11.5 Å². The molecule has 5 nitrogen and oxygen atoms in total. The number of benzene rings is 2. The predicted molar refractivity (Wildman–Crippen MR) is 95.1 cm³/mol. The molecular weight excluding hydrogens is 381 g/mol. The summed E-state index contributed by atoms with van der Waals surface area (Å²) < 4.78 is 44.8. The van der Waals surface area contributed by atoms with Crippen molar-refractivity contribution < 1.29 is 22.3 Å². The van der Waals surface area contributed by atoms with Crippen LogP contribution >= 0.6 is 11.6 Å². The van der Waals surface area contributed by atoms with Gasteiger partial charge in [0.2, 0.25) is 0 Å². The molecule has 3 rings (SSSR count). The van der Waals surface area contributed by atoms with E-state index >= 15 is 0 Å². The molecule has 0 aliphatic heterocycles. The van der Waals surface area contributed by atoms with Gasteiger partial charge < -0.3 is 10.5 Å². The summed E-state index contributed by atoms with van der Waals surface area (Å²) in [6, 6.07) is 11.0. The number of hydrogen-bond acceptors (Lipinski definition) is 5. The Balaban J connectivity index is 2.07. The van der Waals surface area contributed by atoms with Crippen LogP contribution in [0.1, 0.15) is 18.4 Å². The molecule has 138 valence electrons. The average Bonchev–Trinajstić information content (AvgIpc) is 3.24. The van der Waals surface area contributed by atoms with Crippen LogP contribution in [-0.4, -0.2) is 31.8 Å². The summed E-state index contributed by atoms with van der Waals surface area (Å²) in [6.45, 7) is 1.66. The maximum atomic E-state index is 13.6. The predicted octanol–water partition coefficient (Wildman–Crippen LogP) is 2.68. The summed E-state index contributed by atoms with van der Waals surface area (Å²) in [6.07, 6.45) is 0. The second kappa shape index (κ2) is 6.64. The first-order valence-corrected chi connectivity index (χ1v) is 9.86. The maximum absolute atomic E-state index is 13.6. The van der Waals surface area contributed by atoms with Crippen molar-refractivity contribution in [3.63, 3.8) is 0 Å². The summed E-state index contributed by atoms with van der Waals surface area (Å²) in [7, 11) is -3.97. The number of hydrogen-bond donors (Lipinski definition) is 1. The Morgan fingerprint density at radius 3 is 2.50 bits per heavy atom. The Hall–Kier alpha value is -1.96. The second-order valence-electron chi connectivity index (χ2n) is 6.11. The SMILES string of the molecule is CCOC(=O)[C@@]1(N)[C@@H](c2cccc(F)c2)[C@@H]1S(=O)(=O)c1ccc(Cl)cc1. The molecule has 0 amide bonds. The van der Waals surface area contributed by atoms with Crippen LogP contribution in [0.5, 0.6) is 0 Å². The van der Waals surface area contributed by atoms with E-state index in [0.717, 1.165) is 0 Å². The van der Waals surface area contributed by atoms with Crippen LogP contribution < -0.4 is 5.73 Å². The van der Waals surface area contributed by atoms with Gasteiger partial charge in [-0.3, -0.25) is 0 Å². The highest BCUT2D eigenvalue weighted by atomic mass is 35.5. The molecule has 0 aromatic heterocycles. The highest BCUT2D eigenvalue weighted by molar-refractivity contribution is 7.92. The lowest BCUT2D eigenvalue weighted by molar-refractivity contribution is -0.145. The fourth-order valence-corrected chi connectivity index (χ4v) is 5.58. The molecular formula is C18H17ClFNO4S. The molecule has 0 saturated heterocycles. The van der Waals surface area contributed by atoms with Crippen molar-refractivity contribution >= 4 is 27.4 Å². The minimum absolute atomic E-state index is 0.00933. The molecule has 1 saturated carbocycles. The first kappa shape index (κ1) is 18.8. The molecule has 2 aromatic rings. The fourth-order valence-electron chi connectivity index (χ4n) is 3.23. The van der Waals surface area contributed by atoms with Crippen LogP contribution in [0.25, 0.3) is 0 Å². The van der Waals surface area contributed by atoms with Crippen molar-refractivity contribution in [1.29, 1.82) is 0 Å². The molecule has 0 bridgehead atoms. The Bertz CT molecular complexity index is 948. The lowest BCUT2D eigenvalue weighted by Gasteiger charge is -2.11. The van der Waals surface area contributed by atoms with Gasteiger partial charge in [0.1, 0.15) is 16.6 Å². The van der Waals surface area contributed by atoms with E-state index in [2.05, 4.69) is 0 Å². The number of rotatable bonds is 5.